The smallest absolute Gasteiger partial charge is 0.0324 e. The van der Waals surface area contributed by atoms with Gasteiger partial charge in [-0.15, -0.1) is 11.3 Å². The minimum Gasteiger partial charge on any atom is -0.320 e. The molecular weight excluding hydrogens is 228 g/mol. The Balaban J connectivity index is 2.43. The zero-order valence-electron chi connectivity index (χ0n) is 11.8. The molecule has 1 N–H and O–H groups in total. The van der Waals surface area contributed by atoms with Crippen molar-refractivity contribution in [2.24, 2.45) is 0 Å². The van der Waals surface area contributed by atoms with Crippen molar-refractivity contribution in [3.05, 3.63) is 21.9 Å². The second-order valence-corrected chi connectivity index (χ2v) is 6.88. The Hall–Kier alpha value is -0.380. The number of hydrogen-bond acceptors (Lipinski definition) is 3. The summed E-state index contributed by atoms with van der Waals surface area (Å²) in [6.07, 6.45) is 1.21. The van der Waals surface area contributed by atoms with Gasteiger partial charge >= 0.3 is 0 Å². The zero-order valence-corrected chi connectivity index (χ0v) is 12.7. The summed E-state index contributed by atoms with van der Waals surface area (Å²) in [7, 11) is 4.21. The average Bonchev–Trinajstić information content (AvgIpc) is 2.66. The van der Waals surface area contributed by atoms with Crippen molar-refractivity contribution in [1.82, 2.24) is 10.2 Å². The summed E-state index contributed by atoms with van der Waals surface area (Å²) in [4.78, 5) is 5.35. The van der Waals surface area contributed by atoms with Gasteiger partial charge in [-0.3, -0.25) is 0 Å². The van der Waals surface area contributed by atoms with Gasteiger partial charge in [0.2, 0.25) is 0 Å². The quantitative estimate of drug-likeness (QED) is 0.785. The molecule has 3 heteroatoms. The van der Waals surface area contributed by atoms with E-state index in [0.29, 0.717) is 0 Å². The van der Waals surface area contributed by atoms with Crippen molar-refractivity contribution >= 4 is 11.3 Å². The molecule has 0 radical (unpaired) electrons. The molecule has 2 nitrogen and oxygen atoms in total. The van der Waals surface area contributed by atoms with Crippen LogP contribution < -0.4 is 5.32 Å². The minimum atomic E-state index is 0.285. The van der Waals surface area contributed by atoms with Crippen LogP contribution in [0.1, 0.15) is 36.9 Å². The van der Waals surface area contributed by atoms with E-state index in [0.717, 1.165) is 19.6 Å². The molecule has 0 aliphatic carbocycles. The number of nitrogens with one attached hydrogen (secondary N) is 1. The maximum absolute atomic E-state index is 3.19. The van der Waals surface area contributed by atoms with Gasteiger partial charge in [-0.2, -0.15) is 0 Å². The van der Waals surface area contributed by atoms with Gasteiger partial charge in [-0.1, -0.05) is 20.8 Å². The van der Waals surface area contributed by atoms with Crippen LogP contribution in [0.4, 0.5) is 0 Å². The second kappa shape index (κ2) is 6.53. The molecule has 1 aromatic heterocycles. The fourth-order valence-corrected chi connectivity index (χ4v) is 2.88. The van der Waals surface area contributed by atoms with Crippen molar-refractivity contribution in [2.75, 3.05) is 27.2 Å². The van der Waals surface area contributed by atoms with Crippen LogP contribution >= 0.6 is 11.3 Å². The molecule has 0 aliphatic heterocycles. The predicted molar refractivity (Wildman–Crippen MR) is 77.9 cm³/mol. The van der Waals surface area contributed by atoms with Gasteiger partial charge in [0.25, 0.3) is 0 Å². The number of nitrogens with zero attached hydrogens (tertiary/aromatic N) is 1. The third-order valence-corrected chi connectivity index (χ3v) is 4.29. The van der Waals surface area contributed by atoms with Crippen molar-refractivity contribution in [3.63, 3.8) is 0 Å². The van der Waals surface area contributed by atoms with E-state index >= 15 is 0 Å². The van der Waals surface area contributed by atoms with E-state index in [-0.39, 0.29) is 5.41 Å². The molecule has 1 rings (SSSR count). The summed E-state index contributed by atoms with van der Waals surface area (Å²) in [6, 6.07) is 4.56. The van der Waals surface area contributed by atoms with Gasteiger partial charge in [0, 0.05) is 16.3 Å². The van der Waals surface area contributed by atoms with Crippen LogP contribution in [0.25, 0.3) is 0 Å². The van der Waals surface area contributed by atoms with Gasteiger partial charge in [-0.25, -0.2) is 0 Å². The van der Waals surface area contributed by atoms with E-state index in [4.69, 9.17) is 0 Å². The first-order chi connectivity index (χ1) is 7.93. The number of rotatable bonds is 6. The molecule has 0 fully saturated rings. The van der Waals surface area contributed by atoms with E-state index in [9.17, 15) is 0 Å². The molecule has 0 aromatic carbocycles. The molecule has 1 aromatic rings. The zero-order chi connectivity index (χ0) is 12.9. The van der Waals surface area contributed by atoms with Crippen LogP contribution in [0.3, 0.4) is 0 Å². The first-order valence-corrected chi connectivity index (χ1v) is 7.17. The SMILES string of the molecule is CNCCCN(C)Cc1ccc(C(C)(C)C)s1. The minimum absolute atomic E-state index is 0.285. The maximum Gasteiger partial charge on any atom is 0.0324 e. The second-order valence-electron chi connectivity index (χ2n) is 5.71. The van der Waals surface area contributed by atoms with Crippen LogP contribution in [0.15, 0.2) is 12.1 Å². The molecule has 1 heterocycles. The fraction of sp³-hybridized carbons (Fsp3) is 0.714. The average molecular weight is 254 g/mol. The molecule has 17 heavy (non-hydrogen) atoms. The molecule has 98 valence electrons. The van der Waals surface area contributed by atoms with Gasteiger partial charge in [0.1, 0.15) is 0 Å². The third kappa shape index (κ3) is 5.19. The van der Waals surface area contributed by atoms with Gasteiger partial charge in [-0.05, 0) is 51.2 Å². The summed E-state index contributed by atoms with van der Waals surface area (Å²) in [5.74, 6) is 0. The summed E-state index contributed by atoms with van der Waals surface area (Å²) in [5.41, 5.74) is 0.285. The maximum atomic E-state index is 3.19. The van der Waals surface area contributed by atoms with Gasteiger partial charge in [0.15, 0.2) is 0 Å². The molecule has 0 bridgehead atoms. The Labute approximate surface area is 110 Å². The van der Waals surface area contributed by atoms with Crippen molar-refractivity contribution in [3.8, 4) is 0 Å². The van der Waals surface area contributed by atoms with Crippen molar-refractivity contribution in [1.29, 1.82) is 0 Å². The van der Waals surface area contributed by atoms with E-state index in [1.54, 1.807) is 0 Å². The summed E-state index contributed by atoms with van der Waals surface area (Å²) in [6.45, 7) is 10.2. The lowest BCUT2D eigenvalue weighted by Gasteiger charge is -2.17. The lowest BCUT2D eigenvalue weighted by molar-refractivity contribution is 0.324. The molecule has 0 aliphatic rings. The largest absolute Gasteiger partial charge is 0.320 e. The van der Waals surface area contributed by atoms with Gasteiger partial charge < -0.3 is 10.2 Å². The highest BCUT2D eigenvalue weighted by atomic mass is 32.1. The monoisotopic (exact) mass is 254 g/mol. The Kier molecular flexibility index (Phi) is 5.63. The van der Waals surface area contributed by atoms with Crippen LogP contribution in [-0.2, 0) is 12.0 Å². The fourth-order valence-electron chi connectivity index (χ4n) is 1.74. The normalized spacial score (nSPS) is 12.4. The first-order valence-electron chi connectivity index (χ1n) is 6.36. The molecule has 0 atom stereocenters. The Bertz CT molecular complexity index is 325. The number of hydrogen-bond donors (Lipinski definition) is 1. The Morgan fingerprint density at radius 3 is 2.53 bits per heavy atom. The van der Waals surface area contributed by atoms with Crippen LogP contribution in [0.2, 0.25) is 0 Å². The number of thiophene rings is 1. The molecule has 0 unspecified atom stereocenters. The van der Waals surface area contributed by atoms with E-state index in [1.165, 1.54) is 16.2 Å². The third-order valence-electron chi connectivity index (χ3n) is 2.79. The summed E-state index contributed by atoms with van der Waals surface area (Å²) < 4.78 is 0. The van der Waals surface area contributed by atoms with Gasteiger partial charge in [0.05, 0.1) is 0 Å². The Morgan fingerprint density at radius 1 is 1.29 bits per heavy atom. The Morgan fingerprint density at radius 2 is 2.00 bits per heavy atom. The lowest BCUT2D eigenvalue weighted by atomic mass is 9.95. The predicted octanol–water partition coefficient (Wildman–Crippen LogP) is 3.09. The molecular formula is C14H26N2S. The van der Waals surface area contributed by atoms with Crippen LogP contribution in [0, 0.1) is 0 Å². The summed E-state index contributed by atoms with van der Waals surface area (Å²) >= 11 is 1.95. The highest BCUT2D eigenvalue weighted by Crippen LogP contribution is 2.29. The summed E-state index contributed by atoms with van der Waals surface area (Å²) in [5, 5.41) is 3.19. The molecule has 0 amide bonds. The van der Waals surface area contributed by atoms with E-state index in [1.807, 2.05) is 18.4 Å². The van der Waals surface area contributed by atoms with Crippen molar-refractivity contribution < 1.29 is 0 Å². The highest BCUT2D eigenvalue weighted by molar-refractivity contribution is 7.12. The highest BCUT2D eigenvalue weighted by Gasteiger charge is 2.16. The van der Waals surface area contributed by atoms with Crippen LogP contribution in [-0.4, -0.2) is 32.1 Å². The molecule has 0 spiro atoms. The lowest BCUT2D eigenvalue weighted by Crippen LogP contribution is -2.22. The van der Waals surface area contributed by atoms with Crippen molar-refractivity contribution in [2.45, 2.75) is 39.2 Å². The molecule has 0 saturated heterocycles. The first kappa shape index (κ1) is 14.7. The van der Waals surface area contributed by atoms with E-state index < -0.39 is 0 Å². The van der Waals surface area contributed by atoms with Crippen LogP contribution in [0.5, 0.6) is 0 Å². The molecule has 0 saturated carbocycles. The van der Waals surface area contributed by atoms with E-state index in [2.05, 4.69) is 50.2 Å². The standard InChI is InChI=1S/C14H26N2S/c1-14(2,3)13-8-7-12(17-13)11-16(5)10-6-9-15-4/h7-8,15H,6,9-11H2,1-5H3. The topological polar surface area (TPSA) is 15.3 Å².